The highest BCUT2D eigenvalue weighted by Gasteiger charge is 2.20. The maximum Gasteiger partial charge on any atom is 0.254 e. The highest BCUT2D eigenvalue weighted by atomic mass is 16.5. The summed E-state index contributed by atoms with van der Waals surface area (Å²) >= 11 is 0. The quantitative estimate of drug-likeness (QED) is 0.930. The van der Waals surface area contributed by atoms with Crippen molar-refractivity contribution in [2.75, 3.05) is 45.4 Å². The van der Waals surface area contributed by atoms with Gasteiger partial charge in [-0.3, -0.25) is 4.79 Å². The van der Waals surface area contributed by atoms with Crippen molar-refractivity contribution in [2.45, 2.75) is 0 Å². The van der Waals surface area contributed by atoms with Gasteiger partial charge < -0.3 is 19.7 Å². The molecule has 2 aromatic rings. The summed E-state index contributed by atoms with van der Waals surface area (Å²) in [5.41, 5.74) is 2.39. The molecular formula is C18H21N3O3. The molecule has 1 amide bonds. The molecule has 1 fully saturated rings. The Bertz CT molecular complexity index is 710. The van der Waals surface area contributed by atoms with E-state index < -0.39 is 0 Å². The monoisotopic (exact) mass is 327 g/mol. The maximum atomic E-state index is 12.2. The van der Waals surface area contributed by atoms with E-state index in [0.29, 0.717) is 24.6 Å². The normalized spacial score (nSPS) is 14.3. The van der Waals surface area contributed by atoms with Crippen LogP contribution in [0.3, 0.4) is 0 Å². The Morgan fingerprint density at radius 2 is 1.88 bits per heavy atom. The van der Waals surface area contributed by atoms with Gasteiger partial charge in [0, 0.05) is 25.7 Å². The van der Waals surface area contributed by atoms with Crippen LogP contribution in [0.5, 0.6) is 5.75 Å². The molecule has 0 saturated carbocycles. The van der Waals surface area contributed by atoms with Gasteiger partial charge in [-0.15, -0.1) is 0 Å². The van der Waals surface area contributed by atoms with Crippen LogP contribution in [0.15, 0.2) is 36.4 Å². The molecule has 0 atom stereocenters. The molecule has 1 aliphatic heterocycles. The van der Waals surface area contributed by atoms with E-state index in [1.165, 1.54) is 0 Å². The Labute approximate surface area is 141 Å². The number of benzene rings is 1. The van der Waals surface area contributed by atoms with Gasteiger partial charge >= 0.3 is 0 Å². The van der Waals surface area contributed by atoms with Gasteiger partial charge in [0.05, 0.1) is 31.6 Å². The third-order valence-corrected chi connectivity index (χ3v) is 4.04. The highest BCUT2D eigenvalue weighted by molar-refractivity contribution is 5.99. The zero-order valence-electron chi connectivity index (χ0n) is 13.9. The molecule has 1 aliphatic rings. The summed E-state index contributed by atoms with van der Waals surface area (Å²) in [6.45, 7) is 2.73. The molecule has 6 nitrogen and oxygen atoms in total. The fraction of sp³-hybridized carbons (Fsp3) is 0.333. The van der Waals surface area contributed by atoms with Gasteiger partial charge in [-0.2, -0.15) is 0 Å². The predicted octanol–water partition coefficient (Wildman–Crippen LogP) is 1.95. The van der Waals surface area contributed by atoms with Crippen LogP contribution in [-0.2, 0) is 4.74 Å². The second-order valence-electron chi connectivity index (χ2n) is 5.47. The summed E-state index contributed by atoms with van der Waals surface area (Å²) in [5.74, 6) is 1.37. The van der Waals surface area contributed by atoms with Crippen LogP contribution in [-0.4, -0.2) is 51.4 Å². The van der Waals surface area contributed by atoms with Crippen molar-refractivity contribution in [2.24, 2.45) is 0 Å². The lowest BCUT2D eigenvalue weighted by Crippen LogP contribution is -2.38. The first-order valence-corrected chi connectivity index (χ1v) is 7.93. The number of ether oxygens (including phenoxy) is 2. The van der Waals surface area contributed by atoms with E-state index in [1.807, 2.05) is 36.4 Å². The van der Waals surface area contributed by atoms with Gasteiger partial charge in [0.15, 0.2) is 0 Å². The van der Waals surface area contributed by atoms with E-state index in [2.05, 4.69) is 10.2 Å². The Morgan fingerprint density at radius 1 is 1.17 bits per heavy atom. The number of aromatic nitrogens is 1. The number of methoxy groups -OCH3 is 1. The lowest BCUT2D eigenvalue weighted by atomic mass is 10.1. The molecule has 24 heavy (non-hydrogen) atoms. The molecule has 1 N–H and O–H groups in total. The summed E-state index contributed by atoms with van der Waals surface area (Å²) < 4.78 is 10.6. The summed E-state index contributed by atoms with van der Waals surface area (Å²) in [5, 5.41) is 2.68. The van der Waals surface area contributed by atoms with Crippen molar-refractivity contribution in [3.63, 3.8) is 0 Å². The first kappa shape index (κ1) is 16.3. The molecule has 126 valence electrons. The minimum Gasteiger partial charge on any atom is -0.497 e. The molecule has 1 saturated heterocycles. The number of hydrogen-bond donors (Lipinski definition) is 1. The van der Waals surface area contributed by atoms with Crippen LogP contribution in [0.4, 0.5) is 5.82 Å². The largest absolute Gasteiger partial charge is 0.497 e. The van der Waals surface area contributed by atoms with Crippen LogP contribution in [0, 0.1) is 0 Å². The number of rotatable bonds is 4. The van der Waals surface area contributed by atoms with E-state index >= 15 is 0 Å². The number of carbonyl (C=O) groups excluding carboxylic acids is 1. The van der Waals surface area contributed by atoms with Gasteiger partial charge in [-0.05, 0) is 36.4 Å². The average Bonchev–Trinajstić information content (AvgIpc) is 2.67. The Morgan fingerprint density at radius 3 is 2.50 bits per heavy atom. The molecule has 3 rings (SSSR count). The first-order valence-electron chi connectivity index (χ1n) is 7.93. The molecule has 0 radical (unpaired) electrons. The third-order valence-electron chi connectivity index (χ3n) is 4.04. The lowest BCUT2D eigenvalue weighted by Gasteiger charge is -2.29. The second-order valence-corrected chi connectivity index (χ2v) is 5.47. The van der Waals surface area contributed by atoms with Gasteiger partial charge in [-0.1, -0.05) is 0 Å². The fourth-order valence-electron chi connectivity index (χ4n) is 2.70. The molecule has 1 aromatic carbocycles. The fourth-order valence-corrected chi connectivity index (χ4v) is 2.70. The highest BCUT2D eigenvalue weighted by Crippen LogP contribution is 2.26. The number of morpholine rings is 1. The Balaban J connectivity index is 2.00. The Kier molecular flexibility index (Phi) is 4.96. The number of pyridine rings is 1. The minimum atomic E-state index is -0.134. The SMILES string of the molecule is CNC(=O)c1ccc(-c2ccc(OC)cc2)nc1N1CCOCC1. The smallest absolute Gasteiger partial charge is 0.254 e. The lowest BCUT2D eigenvalue weighted by molar-refractivity contribution is 0.0961. The number of amides is 1. The van der Waals surface area contributed by atoms with E-state index in [1.54, 1.807) is 14.2 Å². The molecule has 0 aliphatic carbocycles. The number of carbonyl (C=O) groups is 1. The zero-order valence-corrected chi connectivity index (χ0v) is 13.9. The second kappa shape index (κ2) is 7.31. The number of nitrogens with one attached hydrogen (secondary N) is 1. The number of nitrogens with zero attached hydrogens (tertiary/aromatic N) is 2. The van der Waals surface area contributed by atoms with Gasteiger partial charge in [0.25, 0.3) is 5.91 Å². The van der Waals surface area contributed by atoms with E-state index in [4.69, 9.17) is 14.5 Å². The van der Waals surface area contributed by atoms with Gasteiger partial charge in [0.1, 0.15) is 11.6 Å². The van der Waals surface area contributed by atoms with Crippen molar-refractivity contribution >= 4 is 11.7 Å². The van der Waals surface area contributed by atoms with Crippen molar-refractivity contribution in [1.29, 1.82) is 0 Å². The number of anilines is 1. The van der Waals surface area contributed by atoms with Crippen molar-refractivity contribution in [3.8, 4) is 17.0 Å². The van der Waals surface area contributed by atoms with Crippen LogP contribution in [0.1, 0.15) is 10.4 Å². The standard InChI is InChI=1S/C18H21N3O3/c1-19-18(22)15-7-8-16(13-3-5-14(23-2)6-4-13)20-17(15)21-9-11-24-12-10-21/h3-8H,9-12H2,1-2H3,(H,19,22). The van der Waals surface area contributed by atoms with Crippen LogP contribution in [0.25, 0.3) is 11.3 Å². The van der Waals surface area contributed by atoms with Crippen molar-refractivity contribution < 1.29 is 14.3 Å². The molecule has 1 aromatic heterocycles. The third kappa shape index (κ3) is 3.33. The first-order chi connectivity index (χ1) is 11.7. The van der Waals surface area contributed by atoms with Crippen LogP contribution < -0.4 is 15.0 Å². The predicted molar refractivity (Wildman–Crippen MR) is 92.6 cm³/mol. The van der Waals surface area contributed by atoms with Crippen molar-refractivity contribution in [3.05, 3.63) is 42.0 Å². The zero-order chi connectivity index (χ0) is 16.9. The topological polar surface area (TPSA) is 63.7 Å². The summed E-state index contributed by atoms with van der Waals surface area (Å²) in [6, 6.07) is 11.4. The average molecular weight is 327 g/mol. The minimum absolute atomic E-state index is 0.134. The summed E-state index contributed by atoms with van der Waals surface area (Å²) in [4.78, 5) is 19.0. The van der Waals surface area contributed by atoms with E-state index in [9.17, 15) is 4.79 Å². The molecule has 0 bridgehead atoms. The molecule has 2 heterocycles. The molecule has 0 spiro atoms. The molecule has 6 heteroatoms. The molecular weight excluding hydrogens is 306 g/mol. The Hall–Kier alpha value is -2.60. The van der Waals surface area contributed by atoms with Gasteiger partial charge in [0.2, 0.25) is 0 Å². The van der Waals surface area contributed by atoms with Crippen LogP contribution >= 0.6 is 0 Å². The number of hydrogen-bond acceptors (Lipinski definition) is 5. The van der Waals surface area contributed by atoms with Gasteiger partial charge in [-0.25, -0.2) is 4.98 Å². The van der Waals surface area contributed by atoms with Crippen molar-refractivity contribution in [1.82, 2.24) is 10.3 Å². The molecule has 0 unspecified atom stereocenters. The van der Waals surface area contributed by atoms with E-state index in [-0.39, 0.29) is 5.91 Å². The van der Waals surface area contributed by atoms with E-state index in [0.717, 1.165) is 30.1 Å². The summed E-state index contributed by atoms with van der Waals surface area (Å²) in [7, 11) is 3.27. The maximum absolute atomic E-state index is 12.2. The van der Waals surface area contributed by atoms with Crippen LogP contribution in [0.2, 0.25) is 0 Å². The summed E-state index contributed by atoms with van der Waals surface area (Å²) in [6.07, 6.45) is 0.